The molecule has 1 aliphatic heterocycles. The summed E-state index contributed by atoms with van der Waals surface area (Å²) in [6.45, 7) is 2.26. The van der Waals surface area contributed by atoms with E-state index in [2.05, 4.69) is 5.32 Å². The topological polar surface area (TPSA) is 49.4 Å². The number of amides is 2. The second kappa shape index (κ2) is 6.65. The summed E-state index contributed by atoms with van der Waals surface area (Å²) in [4.78, 5) is 26.8. The highest BCUT2D eigenvalue weighted by atomic mass is 35.5. The van der Waals surface area contributed by atoms with Crippen LogP contribution in [-0.2, 0) is 16.1 Å². The molecular weight excluding hydrogens is 324 g/mol. The predicted octanol–water partition coefficient (Wildman–Crippen LogP) is 3.86. The van der Waals surface area contributed by atoms with E-state index in [1.54, 1.807) is 29.2 Å². The highest BCUT2D eigenvalue weighted by molar-refractivity contribution is 6.30. The minimum atomic E-state index is -0.855. The fourth-order valence-electron chi connectivity index (χ4n) is 2.96. The third kappa shape index (κ3) is 3.29. The summed E-state index contributed by atoms with van der Waals surface area (Å²) in [5, 5.41) is 3.51. The van der Waals surface area contributed by atoms with Crippen molar-refractivity contribution in [2.75, 3.05) is 5.32 Å². The summed E-state index contributed by atoms with van der Waals surface area (Å²) in [6.07, 6.45) is 0.898. The molecule has 1 heterocycles. The number of anilines is 1. The summed E-state index contributed by atoms with van der Waals surface area (Å²) in [5.41, 5.74) is 0.829. The van der Waals surface area contributed by atoms with Gasteiger partial charge in [-0.1, -0.05) is 41.9 Å². The van der Waals surface area contributed by atoms with Gasteiger partial charge >= 0.3 is 0 Å². The first-order valence-corrected chi connectivity index (χ1v) is 8.28. The Labute approximate surface area is 146 Å². The lowest BCUT2D eigenvalue weighted by Gasteiger charge is -2.34. The number of rotatable bonds is 4. The van der Waals surface area contributed by atoms with Crippen LogP contribution < -0.4 is 5.32 Å². The van der Waals surface area contributed by atoms with Crippen LogP contribution in [0.5, 0.6) is 0 Å². The number of halogens is 1. The summed E-state index contributed by atoms with van der Waals surface area (Å²) >= 11 is 5.87. The zero-order valence-corrected chi connectivity index (χ0v) is 14.2. The second-order valence-corrected chi connectivity index (χ2v) is 6.64. The van der Waals surface area contributed by atoms with Crippen LogP contribution in [0.4, 0.5) is 5.69 Å². The van der Waals surface area contributed by atoms with Crippen LogP contribution in [-0.4, -0.2) is 22.3 Å². The molecule has 1 aliphatic rings. The minimum absolute atomic E-state index is 0.00705. The molecule has 0 bridgehead atoms. The minimum Gasteiger partial charge on any atom is -0.324 e. The first kappa shape index (κ1) is 16.5. The van der Waals surface area contributed by atoms with Gasteiger partial charge in [0.2, 0.25) is 11.8 Å². The Morgan fingerprint density at radius 1 is 1.17 bits per heavy atom. The number of carbonyl (C=O) groups excluding carboxylic acids is 2. The van der Waals surface area contributed by atoms with Gasteiger partial charge in [0, 0.05) is 23.7 Å². The Morgan fingerprint density at radius 2 is 1.83 bits per heavy atom. The lowest BCUT2D eigenvalue weighted by molar-refractivity contribution is -0.138. The summed E-state index contributed by atoms with van der Waals surface area (Å²) in [6, 6.07) is 16.7. The maximum Gasteiger partial charge on any atom is 0.250 e. The molecule has 1 unspecified atom stereocenters. The monoisotopic (exact) mass is 342 g/mol. The van der Waals surface area contributed by atoms with Crippen molar-refractivity contribution < 1.29 is 9.59 Å². The average Bonchev–Trinajstić information content (AvgIpc) is 2.87. The highest BCUT2D eigenvalue weighted by Crippen LogP contribution is 2.33. The molecule has 0 aliphatic carbocycles. The van der Waals surface area contributed by atoms with Crippen molar-refractivity contribution in [3.8, 4) is 0 Å². The average molecular weight is 343 g/mol. The number of likely N-dealkylation sites (tertiary alicyclic amines) is 1. The zero-order chi connectivity index (χ0) is 17.2. The molecule has 1 fully saturated rings. The van der Waals surface area contributed by atoms with Crippen LogP contribution in [0, 0.1) is 0 Å². The lowest BCUT2D eigenvalue weighted by Crippen LogP contribution is -2.51. The highest BCUT2D eigenvalue weighted by Gasteiger charge is 2.47. The van der Waals surface area contributed by atoms with Crippen molar-refractivity contribution in [1.82, 2.24) is 4.90 Å². The molecule has 2 aromatic rings. The summed E-state index contributed by atoms with van der Waals surface area (Å²) in [5.74, 6) is -0.167. The molecule has 0 aromatic heterocycles. The van der Waals surface area contributed by atoms with Crippen molar-refractivity contribution in [2.24, 2.45) is 0 Å². The van der Waals surface area contributed by atoms with Crippen LogP contribution in [0.1, 0.15) is 25.3 Å². The summed E-state index contributed by atoms with van der Waals surface area (Å²) < 4.78 is 0. The van der Waals surface area contributed by atoms with Gasteiger partial charge in [0.05, 0.1) is 0 Å². The molecule has 2 aromatic carbocycles. The van der Waals surface area contributed by atoms with Gasteiger partial charge in [0.25, 0.3) is 0 Å². The molecule has 124 valence electrons. The second-order valence-electron chi connectivity index (χ2n) is 6.20. The Morgan fingerprint density at radius 3 is 2.50 bits per heavy atom. The number of benzene rings is 2. The Kier molecular flexibility index (Phi) is 4.58. The van der Waals surface area contributed by atoms with Crippen molar-refractivity contribution in [3.63, 3.8) is 0 Å². The number of hydrogen-bond acceptors (Lipinski definition) is 2. The molecule has 1 atom stereocenters. The SMILES string of the molecule is CC1(C(=O)Nc2ccc(Cl)cc2)CCC(=O)N1Cc1ccccc1. The van der Waals surface area contributed by atoms with Crippen molar-refractivity contribution in [1.29, 1.82) is 0 Å². The number of carbonyl (C=O) groups is 2. The number of hydrogen-bond donors (Lipinski definition) is 1. The van der Waals surface area contributed by atoms with Crippen LogP contribution in [0.15, 0.2) is 54.6 Å². The molecule has 3 rings (SSSR count). The van der Waals surface area contributed by atoms with Crippen LogP contribution >= 0.6 is 11.6 Å². The van der Waals surface area contributed by atoms with Crippen molar-refractivity contribution in [3.05, 3.63) is 65.2 Å². The molecular formula is C19H19ClN2O2. The van der Waals surface area contributed by atoms with Gasteiger partial charge in [-0.05, 0) is 43.2 Å². The van der Waals surface area contributed by atoms with Crippen molar-refractivity contribution in [2.45, 2.75) is 31.8 Å². The fraction of sp³-hybridized carbons (Fsp3) is 0.263. The third-order valence-corrected chi connectivity index (χ3v) is 4.75. The van der Waals surface area contributed by atoms with Crippen molar-refractivity contribution >= 4 is 29.1 Å². The maximum atomic E-state index is 12.8. The predicted molar refractivity (Wildman–Crippen MR) is 94.7 cm³/mol. The smallest absolute Gasteiger partial charge is 0.250 e. The van der Waals surface area contributed by atoms with E-state index in [-0.39, 0.29) is 11.8 Å². The van der Waals surface area contributed by atoms with Gasteiger partial charge in [-0.15, -0.1) is 0 Å². The van der Waals surface area contributed by atoms with Gasteiger partial charge in [0.1, 0.15) is 5.54 Å². The first-order chi connectivity index (χ1) is 11.5. The maximum absolute atomic E-state index is 12.8. The quantitative estimate of drug-likeness (QED) is 0.917. The van der Waals surface area contributed by atoms with E-state index < -0.39 is 5.54 Å². The molecule has 2 amide bonds. The van der Waals surface area contributed by atoms with Crippen LogP contribution in [0.25, 0.3) is 0 Å². The van der Waals surface area contributed by atoms with Crippen LogP contribution in [0.2, 0.25) is 5.02 Å². The van der Waals surface area contributed by atoms with E-state index in [1.165, 1.54) is 0 Å². The Bertz CT molecular complexity index is 746. The largest absolute Gasteiger partial charge is 0.324 e. The molecule has 1 N–H and O–H groups in total. The standard InChI is InChI=1S/C19H19ClN2O2/c1-19(18(24)21-16-9-7-15(20)8-10-16)12-11-17(23)22(19)13-14-5-3-2-4-6-14/h2-10H,11-13H2,1H3,(H,21,24). The van der Waals surface area contributed by atoms with E-state index in [9.17, 15) is 9.59 Å². The molecule has 0 radical (unpaired) electrons. The number of nitrogens with one attached hydrogen (secondary N) is 1. The lowest BCUT2D eigenvalue weighted by atomic mass is 9.97. The first-order valence-electron chi connectivity index (χ1n) is 7.90. The normalized spacial score (nSPS) is 20.2. The summed E-state index contributed by atoms with van der Waals surface area (Å²) in [7, 11) is 0. The van der Waals surface area contributed by atoms with Gasteiger partial charge in [-0.3, -0.25) is 9.59 Å². The van der Waals surface area contributed by atoms with E-state index in [4.69, 9.17) is 11.6 Å². The molecule has 24 heavy (non-hydrogen) atoms. The third-order valence-electron chi connectivity index (χ3n) is 4.50. The van der Waals surface area contributed by atoms with E-state index in [0.717, 1.165) is 5.56 Å². The van der Waals surface area contributed by atoms with E-state index in [1.807, 2.05) is 37.3 Å². The Hall–Kier alpha value is -2.33. The van der Waals surface area contributed by atoms with Gasteiger partial charge in [-0.2, -0.15) is 0 Å². The van der Waals surface area contributed by atoms with E-state index in [0.29, 0.717) is 30.1 Å². The zero-order valence-electron chi connectivity index (χ0n) is 13.5. The number of nitrogens with zero attached hydrogens (tertiary/aromatic N) is 1. The van der Waals surface area contributed by atoms with Gasteiger partial charge in [0.15, 0.2) is 0 Å². The van der Waals surface area contributed by atoms with Gasteiger partial charge in [-0.25, -0.2) is 0 Å². The van der Waals surface area contributed by atoms with Crippen LogP contribution in [0.3, 0.4) is 0 Å². The molecule has 5 heteroatoms. The van der Waals surface area contributed by atoms with E-state index >= 15 is 0 Å². The van der Waals surface area contributed by atoms with Gasteiger partial charge < -0.3 is 10.2 Å². The molecule has 0 spiro atoms. The molecule has 1 saturated heterocycles. The fourth-order valence-corrected chi connectivity index (χ4v) is 3.09. The Balaban J connectivity index is 1.79. The molecule has 0 saturated carbocycles. The molecule has 4 nitrogen and oxygen atoms in total.